The standard InChI is InChI=1S/C21H32N4O7/c1-3-12(2)17(25-18(28)14(22)10-26)20(30)24-16(11-27)19(29)23-15(21(31)32)9-13-7-5-4-6-8-13/h4-8,12,14-17,26-27H,3,9-11,22H2,1-2H3,(H,23,29)(H,24,30)(H,25,28)(H,31,32). The lowest BCUT2D eigenvalue weighted by Gasteiger charge is -2.27. The number of hydrogen-bond acceptors (Lipinski definition) is 7. The molecule has 1 aromatic carbocycles. The zero-order chi connectivity index (χ0) is 24.3. The Morgan fingerprint density at radius 2 is 1.50 bits per heavy atom. The fourth-order valence-electron chi connectivity index (χ4n) is 2.82. The number of amides is 3. The summed E-state index contributed by atoms with van der Waals surface area (Å²) in [5.74, 6) is -4.00. The van der Waals surface area contributed by atoms with Crippen LogP contribution in [0.25, 0.3) is 0 Å². The second kappa shape index (κ2) is 13.4. The molecule has 0 aliphatic carbocycles. The van der Waals surface area contributed by atoms with Crippen LogP contribution >= 0.6 is 0 Å². The first-order valence-electron chi connectivity index (χ1n) is 10.3. The number of benzene rings is 1. The summed E-state index contributed by atoms with van der Waals surface area (Å²) in [6, 6.07) is 3.66. The monoisotopic (exact) mass is 452 g/mol. The largest absolute Gasteiger partial charge is 0.480 e. The summed E-state index contributed by atoms with van der Waals surface area (Å²) in [7, 11) is 0. The Kier molecular flexibility index (Phi) is 11.3. The summed E-state index contributed by atoms with van der Waals surface area (Å²) in [6.07, 6.45) is 0.513. The molecule has 11 nitrogen and oxygen atoms in total. The van der Waals surface area contributed by atoms with Gasteiger partial charge in [0.15, 0.2) is 0 Å². The summed E-state index contributed by atoms with van der Waals surface area (Å²) in [6.45, 7) is 2.09. The van der Waals surface area contributed by atoms with E-state index in [1.165, 1.54) is 0 Å². The molecule has 8 N–H and O–H groups in total. The van der Waals surface area contributed by atoms with Gasteiger partial charge in [0.05, 0.1) is 13.2 Å². The van der Waals surface area contributed by atoms with Crippen LogP contribution in [0.3, 0.4) is 0 Å². The van der Waals surface area contributed by atoms with Crippen molar-refractivity contribution in [3.05, 3.63) is 35.9 Å². The molecule has 0 radical (unpaired) electrons. The third kappa shape index (κ3) is 8.25. The number of nitrogens with two attached hydrogens (primary N) is 1. The average molecular weight is 453 g/mol. The normalized spacial score (nSPS) is 15.5. The van der Waals surface area contributed by atoms with Crippen molar-refractivity contribution in [2.75, 3.05) is 13.2 Å². The fraction of sp³-hybridized carbons (Fsp3) is 0.524. The molecule has 0 fully saturated rings. The maximum atomic E-state index is 12.7. The Morgan fingerprint density at radius 1 is 0.906 bits per heavy atom. The number of rotatable bonds is 13. The van der Waals surface area contributed by atoms with Crippen molar-refractivity contribution < 1.29 is 34.5 Å². The van der Waals surface area contributed by atoms with Gasteiger partial charge in [-0.25, -0.2) is 4.79 Å². The second-order valence-electron chi connectivity index (χ2n) is 7.49. The molecule has 1 aromatic rings. The first kappa shape index (κ1) is 27.0. The van der Waals surface area contributed by atoms with E-state index in [9.17, 15) is 29.4 Å². The summed E-state index contributed by atoms with van der Waals surface area (Å²) < 4.78 is 0. The summed E-state index contributed by atoms with van der Waals surface area (Å²) >= 11 is 0. The minimum absolute atomic E-state index is 0.0125. The SMILES string of the molecule is CCC(C)C(NC(=O)C(N)CO)C(=O)NC(CO)C(=O)NC(Cc1ccccc1)C(=O)O. The zero-order valence-electron chi connectivity index (χ0n) is 18.2. The van der Waals surface area contributed by atoms with Gasteiger partial charge >= 0.3 is 5.97 Å². The minimum atomic E-state index is -1.44. The second-order valence-corrected chi connectivity index (χ2v) is 7.49. The van der Waals surface area contributed by atoms with Crippen molar-refractivity contribution in [2.24, 2.45) is 11.7 Å². The van der Waals surface area contributed by atoms with Crippen LogP contribution in [-0.2, 0) is 25.6 Å². The van der Waals surface area contributed by atoms with E-state index >= 15 is 0 Å². The van der Waals surface area contributed by atoms with Crippen LogP contribution in [-0.4, -0.2) is 76.4 Å². The van der Waals surface area contributed by atoms with E-state index in [2.05, 4.69) is 16.0 Å². The van der Waals surface area contributed by atoms with E-state index in [-0.39, 0.29) is 12.3 Å². The van der Waals surface area contributed by atoms with Gasteiger partial charge in [-0.2, -0.15) is 0 Å². The van der Waals surface area contributed by atoms with Crippen molar-refractivity contribution >= 4 is 23.7 Å². The first-order valence-corrected chi connectivity index (χ1v) is 10.3. The summed E-state index contributed by atoms with van der Waals surface area (Å²) in [5.41, 5.74) is 6.16. The quantitative estimate of drug-likeness (QED) is 0.181. The number of hydrogen-bond donors (Lipinski definition) is 7. The molecule has 32 heavy (non-hydrogen) atoms. The van der Waals surface area contributed by atoms with Crippen LogP contribution in [0.2, 0.25) is 0 Å². The van der Waals surface area contributed by atoms with Crippen molar-refractivity contribution in [1.29, 1.82) is 0 Å². The molecule has 0 aromatic heterocycles. The molecule has 178 valence electrons. The van der Waals surface area contributed by atoms with Gasteiger partial charge in [0.1, 0.15) is 24.2 Å². The number of carbonyl (C=O) groups is 4. The number of aliphatic hydroxyl groups excluding tert-OH is 2. The van der Waals surface area contributed by atoms with Gasteiger partial charge in [0.25, 0.3) is 0 Å². The maximum absolute atomic E-state index is 12.7. The van der Waals surface area contributed by atoms with E-state index in [1.807, 2.05) is 0 Å². The number of nitrogens with one attached hydrogen (secondary N) is 3. The fourth-order valence-corrected chi connectivity index (χ4v) is 2.82. The number of carboxylic acids is 1. The Morgan fingerprint density at radius 3 is 2.00 bits per heavy atom. The van der Waals surface area contributed by atoms with Crippen LogP contribution in [0.15, 0.2) is 30.3 Å². The molecule has 0 spiro atoms. The van der Waals surface area contributed by atoms with Crippen molar-refractivity contribution in [3.63, 3.8) is 0 Å². The van der Waals surface area contributed by atoms with Gasteiger partial charge in [0.2, 0.25) is 17.7 Å². The van der Waals surface area contributed by atoms with Crippen LogP contribution in [0.1, 0.15) is 25.8 Å². The molecule has 0 saturated heterocycles. The van der Waals surface area contributed by atoms with Crippen molar-refractivity contribution in [2.45, 2.75) is 50.9 Å². The average Bonchev–Trinajstić information content (AvgIpc) is 2.79. The third-order valence-electron chi connectivity index (χ3n) is 5.04. The first-order chi connectivity index (χ1) is 15.1. The zero-order valence-corrected chi connectivity index (χ0v) is 18.2. The van der Waals surface area contributed by atoms with Crippen LogP contribution < -0.4 is 21.7 Å². The van der Waals surface area contributed by atoms with E-state index in [0.29, 0.717) is 12.0 Å². The minimum Gasteiger partial charge on any atom is -0.480 e. The highest BCUT2D eigenvalue weighted by molar-refractivity contribution is 5.94. The maximum Gasteiger partial charge on any atom is 0.326 e. The van der Waals surface area contributed by atoms with Gasteiger partial charge in [-0.1, -0.05) is 50.6 Å². The molecule has 0 aliphatic rings. The molecule has 5 atom stereocenters. The molecule has 0 bridgehead atoms. The van der Waals surface area contributed by atoms with Crippen LogP contribution in [0.5, 0.6) is 0 Å². The molecule has 1 rings (SSSR count). The lowest BCUT2D eigenvalue weighted by atomic mass is 9.97. The number of aliphatic carboxylic acids is 1. The van der Waals surface area contributed by atoms with E-state index < -0.39 is 61.1 Å². The molecule has 11 heteroatoms. The highest BCUT2D eigenvalue weighted by atomic mass is 16.4. The van der Waals surface area contributed by atoms with E-state index in [4.69, 9.17) is 10.8 Å². The Hall–Kier alpha value is -3.02. The van der Waals surface area contributed by atoms with Gasteiger partial charge in [0, 0.05) is 6.42 Å². The molecule has 0 heterocycles. The van der Waals surface area contributed by atoms with Gasteiger partial charge in [-0.3, -0.25) is 14.4 Å². The molecule has 5 unspecified atom stereocenters. The van der Waals surface area contributed by atoms with Gasteiger partial charge < -0.3 is 37.0 Å². The molecule has 0 saturated carbocycles. The van der Waals surface area contributed by atoms with Crippen molar-refractivity contribution in [3.8, 4) is 0 Å². The predicted octanol–water partition coefficient (Wildman–Crippen LogP) is -1.87. The number of carboxylic acid groups (broad SMARTS) is 1. The number of carbonyl (C=O) groups excluding carboxylic acids is 3. The Bertz CT molecular complexity index is 775. The van der Waals surface area contributed by atoms with Crippen LogP contribution in [0, 0.1) is 5.92 Å². The van der Waals surface area contributed by atoms with Gasteiger partial charge in [-0.15, -0.1) is 0 Å². The molecule has 3 amide bonds. The van der Waals surface area contributed by atoms with Crippen LogP contribution in [0.4, 0.5) is 0 Å². The highest BCUT2D eigenvalue weighted by Gasteiger charge is 2.32. The number of aliphatic hydroxyl groups is 2. The molecular weight excluding hydrogens is 420 g/mol. The van der Waals surface area contributed by atoms with Gasteiger partial charge in [-0.05, 0) is 11.5 Å². The Labute approximate surface area is 186 Å². The lowest BCUT2D eigenvalue weighted by molar-refractivity contribution is -0.142. The summed E-state index contributed by atoms with van der Waals surface area (Å²) in [4.78, 5) is 48.9. The molecular formula is C21H32N4O7. The Balaban J connectivity index is 2.88. The van der Waals surface area contributed by atoms with E-state index in [0.717, 1.165) is 0 Å². The highest BCUT2D eigenvalue weighted by Crippen LogP contribution is 2.09. The van der Waals surface area contributed by atoms with E-state index in [1.54, 1.807) is 44.2 Å². The smallest absolute Gasteiger partial charge is 0.326 e. The van der Waals surface area contributed by atoms with Crippen molar-refractivity contribution in [1.82, 2.24) is 16.0 Å². The third-order valence-corrected chi connectivity index (χ3v) is 5.04. The molecule has 0 aliphatic heterocycles. The predicted molar refractivity (Wildman–Crippen MR) is 115 cm³/mol. The summed E-state index contributed by atoms with van der Waals surface area (Å²) in [5, 5.41) is 35.2. The lowest BCUT2D eigenvalue weighted by Crippen LogP contribution is -2.59. The topological polar surface area (TPSA) is 191 Å².